The van der Waals surface area contributed by atoms with Crippen molar-refractivity contribution in [2.75, 3.05) is 19.8 Å². The molecule has 0 amide bonds. The van der Waals surface area contributed by atoms with Gasteiger partial charge in [-0.05, 0) is 20.3 Å². The molecule has 0 radical (unpaired) electrons. The Morgan fingerprint density at radius 1 is 1.33 bits per heavy atom. The second-order valence-corrected chi connectivity index (χ2v) is 3.24. The monoisotopic (exact) mass is 233 g/mol. The Kier molecular flexibility index (Phi) is 8.45. The van der Waals surface area contributed by atoms with Crippen molar-refractivity contribution in [3.8, 4) is 0 Å². The van der Waals surface area contributed by atoms with E-state index in [9.17, 15) is 4.79 Å². The van der Waals surface area contributed by atoms with Gasteiger partial charge in [-0.3, -0.25) is 0 Å². The number of nitrogens with zero attached hydrogens (tertiary/aromatic N) is 1. The average molecular weight is 233 g/mol. The summed E-state index contributed by atoms with van der Waals surface area (Å²) in [5.74, 6) is -0.936. The lowest BCUT2D eigenvalue weighted by molar-refractivity contribution is -0.343. The van der Waals surface area contributed by atoms with Crippen LogP contribution in [-0.2, 0) is 18.7 Å². The summed E-state index contributed by atoms with van der Waals surface area (Å²) in [6.45, 7) is 5.25. The van der Waals surface area contributed by atoms with Crippen LogP contribution in [0.3, 0.4) is 0 Å². The highest BCUT2D eigenvalue weighted by Gasteiger charge is 2.29. The molecule has 15 heavy (non-hydrogen) atoms. The Balaban J connectivity index is 4.13. The van der Waals surface area contributed by atoms with Crippen molar-refractivity contribution >= 4 is 16.6 Å². The number of rotatable bonds is 9. The van der Waals surface area contributed by atoms with Crippen LogP contribution < -0.4 is 0 Å². The van der Waals surface area contributed by atoms with Crippen molar-refractivity contribution in [1.82, 2.24) is 0 Å². The third kappa shape index (κ3) is 5.81. The molecule has 5 nitrogen and oxygen atoms in total. The molecule has 0 saturated carbocycles. The first kappa shape index (κ1) is 14.5. The van der Waals surface area contributed by atoms with E-state index in [1.807, 2.05) is 13.8 Å². The summed E-state index contributed by atoms with van der Waals surface area (Å²) in [4.78, 5) is 13.3. The predicted molar refractivity (Wildman–Crippen MR) is 59.2 cm³/mol. The SMILES string of the molecule is CCOC(CCCN=C=O)(O[SiH3])OCC. The van der Waals surface area contributed by atoms with Crippen molar-refractivity contribution in [3.63, 3.8) is 0 Å². The van der Waals surface area contributed by atoms with Crippen molar-refractivity contribution in [3.05, 3.63) is 0 Å². The molecular formula is C9H19NO4Si. The van der Waals surface area contributed by atoms with Crippen molar-refractivity contribution in [1.29, 1.82) is 0 Å². The maximum Gasteiger partial charge on any atom is 0.272 e. The molecule has 0 aromatic heterocycles. The molecule has 0 aliphatic rings. The van der Waals surface area contributed by atoms with E-state index in [1.54, 1.807) is 0 Å². The number of ether oxygens (including phenoxy) is 2. The molecule has 0 aromatic rings. The maximum atomic E-state index is 9.87. The van der Waals surface area contributed by atoms with E-state index in [4.69, 9.17) is 13.9 Å². The second kappa shape index (κ2) is 8.76. The number of carbonyl (C=O) groups excluding carboxylic acids is 1. The first-order valence-electron chi connectivity index (χ1n) is 5.11. The highest BCUT2D eigenvalue weighted by atomic mass is 28.2. The van der Waals surface area contributed by atoms with Crippen LogP contribution in [0.4, 0.5) is 0 Å². The Labute approximate surface area is 93.4 Å². The van der Waals surface area contributed by atoms with Gasteiger partial charge in [0.2, 0.25) is 6.08 Å². The van der Waals surface area contributed by atoms with Gasteiger partial charge in [0.15, 0.2) is 10.5 Å². The van der Waals surface area contributed by atoms with E-state index in [-0.39, 0.29) is 0 Å². The van der Waals surface area contributed by atoms with Crippen LogP contribution in [0.1, 0.15) is 26.7 Å². The lowest BCUT2D eigenvalue weighted by Crippen LogP contribution is -2.39. The molecule has 0 fully saturated rings. The number of isocyanates is 1. The number of aliphatic imine (C=N–C) groups is 1. The summed E-state index contributed by atoms with van der Waals surface area (Å²) in [5, 5.41) is 0. The highest BCUT2D eigenvalue weighted by Crippen LogP contribution is 2.20. The summed E-state index contributed by atoms with van der Waals surface area (Å²) in [6, 6.07) is 0. The van der Waals surface area contributed by atoms with E-state index in [2.05, 4.69) is 4.99 Å². The smallest absolute Gasteiger partial charge is 0.272 e. The molecule has 0 aliphatic heterocycles. The summed E-state index contributed by atoms with van der Waals surface area (Å²) in [7, 11) is 0.536. The molecule has 0 N–H and O–H groups in total. The minimum absolute atomic E-state index is 0.427. The Morgan fingerprint density at radius 2 is 1.93 bits per heavy atom. The van der Waals surface area contributed by atoms with Gasteiger partial charge in [-0.1, -0.05) is 0 Å². The molecule has 0 saturated heterocycles. The zero-order valence-corrected chi connectivity index (χ0v) is 11.6. The van der Waals surface area contributed by atoms with Crippen LogP contribution in [0.25, 0.3) is 0 Å². The zero-order chi connectivity index (χ0) is 11.6. The van der Waals surface area contributed by atoms with Gasteiger partial charge in [0.1, 0.15) is 0 Å². The van der Waals surface area contributed by atoms with Gasteiger partial charge in [-0.15, -0.1) is 0 Å². The molecule has 88 valence electrons. The third-order valence-corrected chi connectivity index (χ3v) is 2.48. The van der Waals surface area contributed by atoms with E-state index < -0.39 is 5.97 Å². The first-order valence-corrected chi connectivity index (χ1v) is 5.93. The largest absolute Gasteiger partial charge is 0.380 e. The summed E-state index contributed by atoms with van der Waals surface area (Å²) in [6.07, 6.45) is 2.75. The standard InChI is InChI=1S/C9H19NO4Si/c1-3-12-9(14-15,13-4-2)6-5-7-10-8-11/h3-7H2,1-2,15H3. The Hall–Kier alpha value is -0.523. The van der Waals surface area contributed by atoms with E-state index >= 15 is 0 Å². The zero-order valence-electron chi connectivity index (χ0n) is 9.62. The van der Waals surface area contributed by atoms with Gasteiger partial charge in [-0.25, -0.2) is 9.79 Å². The minimum Gasteiger partial charge on any atom is -0.380 e. The number of hydrogen-bond acceptors (Lipinski definition) is 5. The minimum atomic E-state index is -0.936. The fourth-order valence-electron chi connectivity index (χ4n) is 1.27. The van der Waals surface area contributed by atoms with Crippen molar-refractivity contribution in [2.45, 2.75) is 32.7 Å². The second-order valence-electron chi connectivity index (χ2n) is 2.83. The molecule has 0 bridgehead atoms. The van der Waals surface area contributed by atoms with Crippen LogP contribution >= 0.6 is 0 Å². The summed E-state index contributed by atoms with van der Waals surface area (Å²) < 4.78 is 16.3. The van der Waals surface area contributed by atoms with E-state index in [0.29, 0.717) is 43.1 Å². The van der Waals surface area contributed by atoms with Crippen LogP contribution in [0, 0.1) is 0 Å². The molecule has 0 rings (SSSR count). The first-order chi connectivity index (χ1) is 7.24. The average Bonchev–Trinajstić information content (AvgIpc) is 2.25. The molecular weight excluding hydrogens is 214 g/mol. The van der Waals surface area contributed by atoms with E-state index in [1.165, 1.54) is 6.08 Å². The van der Waals surface area contributed by atoms with Gasteiger partial charge in [-0.2, -0.15) is 0 Å². The van der Waals surface area contributed by atoms with Crippen molar-refractivity contribution < 1.29 is 18.7 Å². The topological polar surface area (TPSA) is 57.1 Å². The van der Waals surface area contributed by atoms with Crippen LogP contribution in [-0.4, -0.2) is 42.3 Å². The fraction of sp³-hybridized carbons (Fsp3) is 0.889. The number of hydrogen-bond donors (Lipinski definition) is 0. The lowest BCUT2D eigenvalue weighted by Gasteiger charge is -2.31. The maximum absolute atomic E-state index is 9.87. The molecule has 0 aromatic carbocycles. The third-order valence-electron chi connectivity index (χ3n) is 1.86. The lowest BCUT2D eigenvalue weighted by atomic mass is 10.2. The summed E-state index contributed by atoms with van der Waals surface area (Å²) >= 11 is 0. The van der Waals surface area contributed by atoms with E-state index in [0.717, 1.165) is 0 Å². The van der Waals surface area contributed by atoms with Gasteiger partial charge < -0.3 is 13.9 Å². The molecule has 6 heteroatoms. The van der Waals surface area contributed by atoms with Crippen LogP contribution in [0.15, 0.2) is 4.99 Å². The predicted octanol–water partition coefficient (Wildman–Crippen LogP) is 0.126. The Bertz CT molecular complexity index is 200. The van der Waals surface area contributed by atoms with Gasteiger partial charge in [0.05, 0.1) is 6.54 Å². The highest BCUT2D eigenvalue weighted by molar-refractivity contribution is 5.98. The van der Waals surface area contributed by atoms with Crippen LogP contribution in [0.5, 0.6) is 0 Å². The molecule has 0 unspecified atom stereocenters. The molecule has 0 spiro atoms. The fourth-order valence-corrected chi connectivity index (χ4v) is 1.71. The van der Waals surface area contributed by atoms with Gasteiger partial charge in [0, 0.05) is 19.6 Å². The van der Waals surface area contributed by atoms with Gasteiger partial charge in [0.25, 0.3) is 5.97 Å². The normalized spacial score (nSPS) is 11.3. The van der Waals surface area contributed by atoms with Crippen LogP contribution in [0.2, 0.25) is 0 Å². The van der Waals surface area contributed by atoms with Gasteiger partial charge >= 0.3 is 0 Å². The van der Waals surface area contributed by atoms with Crippen molar-refractivity contribution in [2.24, 2.45) is 4.99 Å². The molecule has 0 heterocycles. The molecule has 0 aliphatic carbocycles. The Morgan fingerprint density at radius 3 is 2.33 bits per heavy atom. The summed E-state index contributed by atoms with van der Waals surface area (Å²) in [5.41, 5.74) is 0. The quantitative estimate of drug-likeness (QED) is 0.187. The molecule has 0 atom stereocenters.